The molecule has 0 bridgehead atoms. The van der Waals surface area contributed by atoms with Gasteiger partial charge in [-0.2, -0.15) is 0 Å². The first-order valence-electron chi connectivity index (χ1n) is 9.91. The topological polar surface area (TPSA) is 117 Å². The van der Waals surface area contributed by atoms with Gasteiger partial charge in [-0.3, -0.25) is 9.78 Å². The molecule has 1 aliphatic heterocycles. The van der Waals surface area contributed by atoms with E-state index in [1.807, 2.05) is 31.3 Å². The molecule has 1 aliphatic rings. The van der Waals surface area contributed by atoms with Crippen LogP contribution in [-0.4, -0.2) is 51.5 Å². The van der Waals surface area contributed by atoms with Crippen molar-refractivity contribution >= 4 is 34.0 Å². The summed E-state index contributed by atoms with van der Waals surface area (Å²) in [6.45, 7) is 3.87. The van der Waals surface area contributed by atoms with Gasteiger partial charge in [-0.1, -0.05) is 11.3 Å². The molecule has 0 saturated carbocycles. The molecule has 30 heavy (non-hydrogen) atoms. The van der Waals surface area contributed by atoms with E-state index in [9.17, 15) is 4.79 Å². The van der Waals surface area contributed by atoms with E-state index in [0.717, 1.165) is 35.0 Å². The van der Waals surface area contributed by atoms with Crippen LogP contribution in [0.25, 0.3) is 10.4 Å². The molecule has 9 nitrogen and oxygen atoms in total. The highest BCUT2D eigenvalue weighted by Crippen LogP contribution is 2.30. The zero-order valence-electron chi connectivity index (χ0n) is 16.7. The van der Waals surface area contributed by atoms with Crippen molar-refractivity contribution in [1.82, 2.24) is 30.6 Å². The van der Waals surface area contributed by atoms with Gasteiger partial charge in [0, 0.05) is 37.7 Å². The summed E-state index contributed by atoms with van der Waals surface area (Å²) in [5, 5.41) is 13.4. The molecule has 10 heteroatoms. The van der Waals surface area contributed by atoms with E-state index in [1.54, 1.807) is 23.7 Å². The van der Waals surface area contributed by atoms with E-state index < -0.39 is 0 Å². The molecule has 0 aromatic carbocycles. The van der Waals surface area contributed by atoms with Crippen LogP contribution in [0.3, 0.4) is 0 Å². The minimum absolute atomic E-state index is 0.0579. The summed E-state index contributed by atoms with van der Waals surface area (Å²) in [5.74, 6) is 2.07. The Morgan fingerprint density at radius 2 is 2.07 bits per heavy atom. The molecule has 1 amide bonds. The van der Waals surface area contributed by atoms with E-state index in [0.29, 0.717) is 30.5 Å². The van der Waals surface area contributed by atoms with Gasteiger partial charge in [0.25, 0.3) is 0 Å². The van der Waals surface area contributed by atoms with Gasteiger partial charge in [-0.05, 0) is 44.0 Å². The maximum absolute atomic E-state index is 12.0. The largest absolute Gasteiger partial charge is 0.368 e. The first-order chi connectivity index (χ1) is 14.7. The second kappa shape index (κ2) is 9.59. The van der Waals surface area contributed by atoms with Gasteiger partial charge in [0.15, 0.2) is 5.13 Å². The number of nitrogens with one attached hydrogen (secondary N) is 4. The normalized spacial score (nSPS) is 15.7. The van der Waals surface area contributed by atoms with Gasteiger partial charge in [0.05, 0.1) is 10.9 Å². The molecule has 4 rings (SSSR count). The molecule has 1 saturated heterocycles. The number of aromatic nitrogens is 4. The summed E-state index contributed by atoms with van der Waals surface area (Å²) >= 11 is 1.54. The van der Waals surface area contributed by atoms with Gasteiger partial charge in [0.2, 0.25) is 5.91 Å². The van der Waals surface area contributed by atoms with E-state index in [-0.39, 0.29) is 11.9 Å². The highest BCUT2D eigenvalue weighted by atomic mass is 32.1. The number of hydrogen-bond acceptors (Lipinski definition) is 9. The third-order valence-corrected chi connectivity index (χ3v) is 5.61. The number of aryl methyl sites for hydroxylation is 1. The minimum atomic E-state index is -0.0579. The van der Waals surface area contributed by atoms with E-state index in [2.05, 4.69) is 41.2 Å². The maximum Gasteiger partial charge on any atom is 0.237 e. The van der Waals surface area contributed by atoms with E-state index in [1.165, 1.54) is 0 Å². The number of anilines is 3. The van der Waals surface area contributed by atoms with E-state index >= 15 is 0 Å². The number of nitrogens with zero attached hydrogens (tertiary/aromatic N) is 4. The third-order valence-electron chi connectivity index (χ3n) is 4.65. The lowest BCUT2D eigenvalue weighted by atomic mass is 10.2. The predicted octanol–water partition coefficient (Wildman–Crippen LogP) is 2.33. The number of rotatable bonds is 8. The smallest absolute Gasteiger partial charge is 0.237 e. The highest BCUT2D eigenvalue weighted by Gasteiger charge is 2.21. The van der Waals surface area contributed by atoms with Crippen LogP contribution in [0.4, 0.5) is 16.8 Å². The quantitative estimate of drug-likeness (QED) is 0.407. The molecular weight excluding hydrogens is 400 g/mol. The van der Waals surface area contributed by atoms with Crippen molar-refractivity contribution < 1.29 is 4.79 Å². The second-order valence-electron chi connectivity index (χ2n) is 6.94. The maximum atomic E-state index is 12.0. The Morgan fingerprint density at radius 1 is 1.23 bits per heavy atom. The summed E-state index contributed by atoms with van der Waals surface area (Å²) in [4.78, 5) is 30.4. The SMILES string of the molecule is Cc1nc(NCCNC(=O)[C@@H]2CCCN2)cc(Nc2ncc(-c3ccncc3)s2)n1. The lowest BCUT2D eigenvalue weighted by Crippen LogP contribution is -2.42. The molecule has 4 heterocycles. The number of pyridine rings is 1. The summed E-state index contributed by atoms with van der Waals surface area (Å²) in [6, 6.07) is 5.68. The molecule has 0 spiro atoms. The summed E-state index contributed by atoms with van der Waals surface area (Å²) < 4.78 is 0. The van der Waals surface area contributed by atoms with Gasteiger partial charge in [-0.25, -0.2) is 15.0 Å². The van der Waals surface area contributed by atoms with Gasteiger partial charge in [-0.15, -0.1) is 0 Å². The van der Waals surface area contributed by atoms with Crippen molar-refractivity contribution in [2.45, 2.75) is 25.8 Å². The monoisotopic (exact) mass is 424 g/mol. The second-order valence-corrected chi connectivity index (χ2v) is 7.97. The molecule has 0 radical (unpaired) electrons. The predicted molar refractivity (Wildman–Crippen MR) is 118 cm³/mol. The number of amides is 1. The first kappa shape index (κ1) is 20.2. The average Bonchev–Trinajstić information content (AvgIpc) is 3.44. The molecule has 0 unspecified atom stereocenters. The lowest BCUT2D eigenvalue weighted by Gasteiger charge is -2.12. The van der Waals surface area contributed by atoms with Crippen molar-refractivity contribution in [3.05, 3.63) is 42.6 Å². The zero-order chi connectivity index (χ0) is 20.8. The highest BCUT2D eigenvalue weighted by molar-refractivity contribution is 7.18. The van der Waals surface area contributed by atoms with Crippen molar-refractivity contribution in [2.75, 3.05) is 30.3 Å². The number of carbonyl (C=O) groups excluding carboxylic acids is 1. The molecular formula is C20H24N8OS. The van der Waals surface area contributed by atoms with Crippen LogP contribution in [0.5, 0.6) is 0 Å². The molecule has 3 aromatic heterocycles. The van der Waals surface area contributed by atoms with Crippen LogP contribution < -0.4 is 21.3 Å². The zero-order valence-corrected chi connectivity index (χ0v) is 17.5. The van der Waals surface area contributed by atoms with Crippen LogP contribution in [0.2, 0.25) is 0 Å². The Balaban J connectivity index is 1.32. The standard InChI is InChI=1S/C20H24N8OS/c1-13-26-17(23-9-10-24-19(29)15-3-2-6-22-15)11-18(27-13)28-20-25-12-16(30-20)14-4-7-21-8-5-14/h4-5,7-8,11-12,15,22H,2-3,6,9-10H2,1H3,(H,24,29)(H2,23,25,26,27,28)/t15-/m0/s1. The van der Waals surface area contributed by atoms with Gasteiger partial charge >= 0.3 is 0 Å². The molecule has 1 fully saturated rings. The number of carbonyl (C=O) groups is 1. The Bertz CT molecular complexity index is 987. The van der Waals surface area contributed by atoms with Crippen LogP contribution in [0.1, 0.15) is 18.7 Å². The molecule has 4 N–H and O–H groups in total. The van der Waals surface area contributed by atoms with Crippen LogP contribution in [-0.2, 0) is 4.79 Å². The fourth-order valence-corrected chi connectivity index (χ4v) is 4.05. The van der Waals surface area contributed by atoms with Crippen LogP contribution >= 0.6 is 11.3 Å². The summed E-state index contributed by atoms with van der Waals surface area (Å²) in [6.07, 6.45) is 7.31. The molecule has 0 aliphatic carbocycles. The minimum Gasteiger partial charge on any atom is -0.368 e. The number of hydrogen-bond donors (Lipinski definition) is 4. The van der Waals surface area contributed by atoms with Crippen molar-refractivity contribution in [3.8, 4) is 10.4 Å². The van der Waals surface area contributed by atoms with Crippen molar-refractivity contribution in [2.24, 2.45) is 0 Å². The Labute approximate surface area is 178 Å². The first-order valence-corrected chi connectivity index (χ1v) is 10.7. The Kier molecular flexibility index (Phi) is 6.45. The molecule has 1 atom stereocenters. The molecule has 3 aromatic rings. The van der Waals surface area contributed by atoms with Crippen LogP contribution in [0, 0.1) is 6.92 Å². The average molecular weight is 425 g/mol. The van der Waals surface area contributed by atoms with Gasteiger partial charge < -0.3 is 21.3 Å². The van der Waals surface area contributed by atoms with Crippen molar-refractivity contribution in [3.63, 3.8) is 0 Å². The van der Waals surface area contributed by atoms with Crippen LogP contribution in [0.15, 0.2) is 36.8 Å². The third kappa shape index (κ3) is 5.28. The lowest BCUT2D eigenvalue weighted by molar-refractivity contribution is -0.122. The Morgan fingerprint density at radius 3 is 2.87 bits per heavy atom. The Hall–Kier alpha value is -3.11. The molecule has 156 valence electrons. The van der Waals surface area contributed by atoms with Crippen molar-refractivity contribution in [1.29, 1.82) is 0 Å². The fourth-order valence-electron chi connectivity index (χ4n) is 3.22. The van der Waals surface area contributed by atoms with E-state index in [4.69, 9.17) is 0 Å². The summed E-state index contributed by atoms with van der Waals surface area (Å²) in [5.41, 5.74) is 1.08. The number of thiazole rings is 1. The summed E-state index contributed by atoms with van der Waals surface area (Å²) in [7, 11) is 0. The fraction of sp³-hybridized carbons (Fsp3) is 0.350. The van der Waals surface area contributed by atoms with Gasteiger partial charge in [0.1, 0.15) is 17.5 Å².